The van der Waals surface area contributed by atoms with Gasteiger partial charge in [0.1, 0.15) is 29.7 Å². The van der Waals surface area contributed by atoms with Gasteiger partial charge in [-0.15, -0.1) is 0 Å². The summed E-state index contributed by atoms with van der Waals surface area (Å²) >= 11 is 0. The Morgan fingerprint density at radius 2 is 1.83 bits per heavy atom. The molecule has 0 fully saturated rings. The number of hydrogen-bond acceptors (Lipinski definition) is 5. The van der Waals surface area contributed by atoms with Crippen LogP contribution in [-0.2, 0) is 6.61 Å². The van der Waals surface area contributed by atoms with Crippen LogP contribution in [0, 0.1) is 25.5 Å². The summed E-state index contributed by atoms with van der Waals surface area (Å²) in [5.41, 5.74) is 3.11. The number of methoxy groups -OCH3 is 1. The highest BCUT2D eigenvalue weighted by Crippen LogP contribution is 2.25. The Morgan fingerprint density at radius 3 is 2.61 bits per heavy atom. The van der Waals surface area contributed by atoms with Crippen molar-refractivity contribution >= 4 is 5.65 Å². The molecule has 36 heavy (non-hydrogen) atoms. The molecule has 2 aromatic carbocycles. The average molecular weight is 488 g/mol. The quantitative estimate of drug-likeness (QED) is 0.335. The van der Waals surface area contributed by atoms with Gasteiger partial charge in [-0.2, -0.15) is 5.10 Å². The second-order valence-electron chi connectivity index (χ2n) is 8.25. The predicted octanol–water partition coefficient (Wildman–Crippen LogP) is 5.03. The molecule has 0 atom stereocenters. The van der Waals surface area contributed by atoms with Crippen molar-refractivity contribution in [2.75, 3.05) is 7.11 Å². The maximum absolute atomic E-state index is 14.0. The SMILES string of the molecule is COc1cccc(-n2nc(-c3c(C)nc4c(OCc5ccc(F)cc5F)cccn4c3=O)cc2C)c1. The zero-order valence-corrected chi connectivity index (χ0v) is 19.8. The largest absolute Gasteiger partial charge is 0.497 e. The van der Waals surface area contributed by atoms with Crippen LogP contribution in [-0.4, -0.2) is 26.3 Å². The van der Waals surface area contributed by atoms with E-state index in [2.05, 4.69) is 10.1 Å². The molecule has 0 radical (unpaired) electrons. The fourth-order valence-electron chi connectivity index (χ4n) is 4.05. The highest BCUT2D eigenvalue weighted by Gasteiger charge is 2.19. The van der Waals surface area contributed by atoms with Gasteiger partial charge in [0.15, 0.2) is 11.4 Å². The fraction of sp³-hybridized carbons (Fsp3) is 0.148. The van der Waals surface area contributed by atoms with E-state index in [0.29, 0.717) is 28.5 Å². The van der Waals surface area contributed by atoms with E-state index in [1.54, 1.807) is 37.0 Å². The van der Waals surface area contributed by atoms with Gasteiger partial charge in [0.2, 0.25) is 0 Å². The van der Waals surface area contributed by atoms with Gasteiger partial charge in [0.25, 0.3) is 5.56 Å². The zero-order valence-electron chi connectivity index (χ0n) is 19.8. The molecular weight excluding hydrogens is 466 g/mol. The molecule has 0 aliphatic heterocycles. The highest BCUT2D eigenvalue weighted by molar-refractivity contribution is 5.66. The first-order chi connectivity index (χ1) is 17.4. The molecule has 0 aliphatic carbocycles. The van der Waals surface area contributed by atoms with Crippen molar-refractivity contribution in [3.63, 3.8) is 0 Å². The zero-order chi connectivity index (χ0) is 25.4. The molecule has 7 nitrogen and oxygen atoms in total. The fourth-order valence-corrected chi connectivity index (χ4v) is 4.05. The molecule has 3 heterocycles. The van der Waals surface area contributed by atoms with Gasteiger partial charge in [-0.1, -0.05) is 6.07 Å². The van der Waals surface area contributed by atoms with Crippen molar-refractivity contribution in [1.29, 1.82) is 0 Å². The minimum Gasteiger partial charge on any atom is -0.497 e. The Morgan fingerprint density at radius 1 is 1.00 bits per heavy atom. The average Bonchev–Trinajstić information content (AvgIpc) is 3.24. The summed E-state index contributed by atoms with van der Waals surface area (Å²) in [6.45, 7) is 3.48. The van der Waals surface area contributed by atoms with E-state index >= 15 is 0 Å². The number of rotatable bonds is 6. The summed E-state index contributed by atoms with van der Waals surface area (Å²) in [7, 11) is 1.60. The van der Waals surface area contributed by atoms with Gasteiger partial charge in [0, 0.05) is 29.6 Å². The number of fused-ring (bicyclic) bond motifs is 1. The van der Waals surface area contributed by atoms with Crippen LogP contribution in [0.2, 0.25) is 0 Å². The molecule has 5 aromatic rings. The van der Waals surface area contributed by atoms with Gasteiger partial charge in [-0.25, -0.2) is 18.4 Å². The van der Waals surface area contributed by atoms with Crippen molar-refractivity contribution in [3.05, 3.63) is 106 Å². The van der Waals surface area contributed by atoms with Crippen LogP contribution in [0.15, 0.2) is 71.7 Å². The third-order valence-corrected chi connectivity index (χ3v) is 5.84. The Hall–Kier alpha value is -4.53. The van der Waals surface area contributed by atoms with Gasteiger partial charge < -0.3 is 9.47 Å². The van der Waals surface area contributed by atoms with Gasteiger partial charge in [0.05, 0.1) is 24.1 Å². The Labute approximate surface area is 205 Å². The predicted molar refractivity (Wildman–Crippen MR) is 131 cm³/mol. The molecule has 0 saturated heterocycles. The lowest BCUT2D eigenvalue weighted by Crippen LogP contribution is -2.19. The van der Waals surface area contributed by atoms with Crippen LogP contribution in [0.3, 0.4) is 0 Å². The normalized spacial score (nSPS) is 11.1. The van der Waals surface area contributed by atoms with Crippen LogP contribution in [0.5, 0.6) is 11.5 Å². The third kappa shape index (κ3) is 4.19. The first-order valence-corrected chi connectivity index (χ1v) is 11.2. The summed E-state index contributed by atoms with van der Waals surface area (Å²) in [5.74, 6) is -0.380. The minimum absolute atomic E-state index is 0.146. The van der Waals surface area contributed by atoms with Gasteiger partial charge >= 0.3 is 0 Å². The third-order valence-electron chi connectivity index (χ3n) is 5.84. The van der Waals surface area contributed by atoms with Crippen LogP contribution in [0.25, 0.3) is 22.6 Å². The summed E-state index contributed by atoms with van der Waals surface area (Å²) in [6, 6.07) is 15.9. The Balaban J connectivity index is 1.54. The number of aromatic nitrogens is 4. The number of benzene rings is 2. The molecule has 0 aliphatic rings. The van der Waals surface area contributed by atoms with Crippen LogP contribution in [0.1, 0.15) is 17.0 Å². The van der Waals surface area contributed by atoms with Crippen molar-refractivity contribution in [2.24, 2.45) is 0 Å². The number of nitrogens with zero attached hydrogens (tertiary/aromatic N) is 4. The number of pyridine rings is 1. The summed E-state index contributed by atoms with van der Waals surface area (Å²) in [5, 5.41) is 4.67. The molecule has 0 saturated carbocycles. The van der Waals surface area contributed by atoms with E-state index < -0.39 is 11.6 Å². The number of ether oxygens (including phenoxy) is 2. The number of aryl methyl sites for hydroxylation is 2. The van der Waals surface area contributed by atoms with E-state index in [9.17, 15) is 13.6 Å². The summed E-state index contributed by atoms with van der Waals surface area (Å²) in [4.78, 5) is 18.1. The first kappa shape index (κ1) is 23.2. The van der Waals surface area contributed by atoms with Crippen molar-refractivity contribution in [3.8, 4) is 28.4 Å². The lowest BCUT2D eigenvalue weighted by Gasteiger charge is -2.12. The van der Waals surface area contributed by atoms with Gasteiger partial charge in [-0.3, -0.25) is 9.20 Å². The minimum atomic E-state index is -0.708. The maximum Gasteiger partial charge on any atom is 0.267 e. The first-order valence-electron chi connectivity index (χ1n) is 11.2. The number of hydrogen-bond donors (Lipinski definition) is 0. The molecule has 0 amide bonds. The molecule has 182 valence electrons. The van der Waals surface area contributed by atoms with Crippen molar-refractivity contribution in [2.45, 2.75) is 20.5 Å². The molecular formula is C27H22F2N4O3. The van der Waals surface area contributed by atoms with E-state index in [1.165, 1.54) is 10.5 Å². The van der Waals surface area contributed by atoms with E-state index in [1.807, 2.05) is 37.3 Å². The lowest BCUT2D eigenvalue weighted by molar-refractivity contribution is 0.301. The molecule has 3 aromatic heterocycles. The lowest BCUT2D eigenvalue weighted by atomic mass is 10.1. The molecule has 0 unspecified atom stereocenters. The second-order valence-corrected chi connectivity index (χ2v) is 8.25. The van der Waals surface area contributed by atoms with E-state index in [0.717, 1.165) is 23.5 Å². The second kappa shape index (κ2) is 9.26. The monoisotopic (exact) mass is 488 g/mol. The molecule has 5 rings (SSSR count). The Kier molecular flexibility index (Phi) is 5.97. The summed E-state index contributed by atoms with van der Waals surface area (Å²) < 4.78 is 41.4. The van der Waals surface area contributed by atoms with Gasteiger partial charge in [-0.05, 0) is 56.3 Å². The molecule has 0 N–H and O–H groups in total. The maximum atomic E-state index is 14.0. The van der Waals surface area contributed by atoms with Crippen LogP contribution >= 0.6 is 0 Å². The van der Waals surface area contributed by atoms with Crippen LogP contribution in [0.4, 0.5) is 8.78 Å². The smallest absolute Gasteiger partial charge is 0.267 e. The van der Waals surface area contributed by atoms with E-state index in [4.69, 9.17) is 9.47 Å². The van der Waals surface area contributed by atoms with Crippen LogP contribution < -0.4 is 15.0 Å². The topological polar surface area (TPSA) is 70.7 Å². The molecule has 0 bridgehead atoms. The molecule has 9 heteroatoms. The van der Waals surface area contributed by atoms with Crippen molar-refractivity contribution in [1.82, 2.24) is 19.2 Å². The highest BCUT2D eigenvalue weighted by atomic mass is 19.1. The van der Waals surface area contributed by atoms with Crippen molar-refractivity contribution < 1.29 is 18.3 Å². The number of halogens is 2. The summed E-state index contributed by atoms with van der Waals surface area (Å²) in [6.07, 6.45) is 1.59. The molecule has 0 spiro atoms. The Bertz CT molecular complexity index is 1660. The van der Waals surface area contributed by atoms with E-state index in [-0.39, 0.29) is 23.4 Å². The standard InChI is InChI=1S/C27H22F2N4O3/c1-16-12-23(31-33(16)20-6-4-7-21(14-20)35-3)25-17(2)30-26-24(8-5-11-32(26)27(25)34)36-15-18-9-10-19(28)13-22(18)29/h4-14H,15H2,1-3H3.